The highest BCUT2D eigenvalue weighted by Crippen LogP contribution is 2.12. The fourth-order valence-electron chi connectivity index (χ4n) is 2.04. The van der Waals surface area contributed by atoms with Crippen molar-refractivity contribution in [1.82, 2.24) is 20.1 Å². The molecule has 0 aliphatic rings. The molecule has 0 saturated carbocycles. The van der Waals surface area contributed by atoms with Gasteiger partial charge in [0.15, 0.2) is 5.82 Å². The molecule has 21 heavy (non-hydrogen) atoms. The van der Waals surface area contributed by atoms with Gasteiger partial charge in [-0.25, -0.2) is 9.67 Å². The first-order valence-corrected chi connectivity index (χ1v) is 6.79. The third kappa shape index (κ3) is 3.45. The van der Waals surface area contributed by atoms with Gasteiger partial charge in [0.2, 0.25) is 0 Å². The maximum absolute atomic E-state index is 12.3. The molecule has 0 spiro atoms. The number of nitrogens with zero attached hydrogens (tertiary/aromatic N) is 4. The molecule has 1 unspecified atom stereocenters. The molecule has 6 heteroatoms. The van der Waals surface area contributed by atoms with Crippen LogP contribution in [-0.2, 0) is 0 Å². The highest BCUT2D eigenvalue weighted by atomic mass is 16.2. The van der Waals surface area contributed by atoms with E-state index in [1.807, 2.05) is 6.92 Å². The van der Waals surface area contributed by atoms with E-state index in [0.29, 0.717) is 12.2 Å². The SMILES string of the molecule is CCCC(C)(C#N)NC(=O)c1cccc(-n2cccn2)n1. The van der Waals surface area contributed by atoms with E-state index in [1.54, 1.807) is 48.3 Å². The molecule has 0 aliphatic carbocycles. The summed E-state index contributed by atoms with van der Waals surface area (Å²) in [5, 5.41) is 16.0. The Morgan fingerprint density at radius 1 is 1.48 bits per heavy atom. The Bertz CT molecular complexity index is 659. The smallest absolute Gasteiger partial charge is 0.271 e. The van der Waals surface area contributed by atoms with E-state index in [9.17, 15) is 10.1 Å². The number of amides is 1. The minimum Gasteiger partial charge on any atom is -0.333 e. The third-order valence-electron chi connectivity index (χ3n) is 3.09. The monoisotopic (exact) mass is 283 g/mol. The predicted octanol–water partition coefficient (Wildman–Crippen LogP) is 2.08. The van der Waals surface area contributed by atoms with E-state index in [2.05, 4.69) is 21.5 Å². The molecule has 2 heterocycles. The molecule has 0 fully saturated rings. The van der Waals surface area contributed by atoms with Crippen LogP contribution < -0.4 is 5.32 Å². The van der Waals surface area contributed by atoms with Crippen molar-refractivity contribution in [3.63, 3.8) is 0 Å². The molecule has 0 saturated heterocycles. The number of aromatic nitrogens is 3. The van der Waals surface area contributed by atoms with Crippen molar-refractivity contribution in [1.29, 1.82) is 5.26 Å². The average Bonchev–Trinajstić information content (AvgIpc) is 3.02. The van der Waals surface area contributed by atoms with Gasteiger partial charge in [-0.15, -0.1) is 0 Å². The number of hydrogen-bond acceptors (Lipinski definition) is 4. The zero-order valence-corrected chi connectivity index (χ0v) is 12.1. The number of carbonyl (C=O) groups excluding carboxylic acids is 1. The maximum atomic E-state index is 12.3. The zero-order valence-electron chi connectivity index (χ0n) is 12.1. The topological polar surface area (TPSA) is 83.6 Å². The maximum Gasteiger partial charge on any atom is 0.271 e. The second-order valence-electron chi connectivity index (χ2n) is 4.98. The highest BCUT2D eigenvalue weighted by molar-refractivity contribution is 5.93. The second-order valence-corrected chi connectivity index (χ2v) is 4.98. The van der Waals surface area contributed by atoms with Gasteiger partial charge < -0.3 is 5.32 Å². The zero-order chi connectivity index (χ0) is 15.3. The lowest BCUT2D eigenvalue weighted by atomic mass is 9.98. The van der Waals surface area contributed by atoms with Crippen molar-refractivity contribution in [2.45, 2.75) is 32.2 Å². The predicted molar refractivity (Wildman–Crippen MR) is 77.8 cm³/mol. The van der Waals surface area contributed by atoms with Crippen LogP contribution in [0.1, 0.15) is 37.2 Å². The van der Waals surface area contributed by atoms with Crippen molar-refractivity contribution < 1.29 is 4.79 Å². The first-order valence-electron chi connectivity index (χ1n) is 6.79. The summed E-state index contributed by atoms with van der Waals surface area (Å²) < 4.78 is 1.58. The Labute approximate surface area is 123 Å². The number of hydrogen-bond donors (Lipinski definition) is 1. The number of carbonyl (C=O) groups is 1. The summed E-state index contributed by atoms with van der Waals surface area (Å²) in [7, 11) is 0. The molecule has 2 aromatic heterocycles. The van der Waals surface area contributed by atoms with Gasteiger partial charge in [-0.05, 0) is 31.5 Å². The van der Waals surface area contributed by atoms with Crippen LogP contribution in [-0.4, -0.2) is 26.2 Å². The fourth-order valence-corrected chi connectivity index (χ4v) is 2.04. The summed E-state index contributed by atoms with van der Waals surface area (Å²) in [5.74, 6) is 0.198. The van der Waals surface area contributed by atoms with Gasteiger partial charge in [0.05, 0.1) is 6.07 Å². The number of pyridine rings is 1. The van der Waals surface area contributed by atoms with Crippen LogP contribution in [0, 0.1) is 11.3 Å². The summed E-state index contributed by atoms with van der Waals surface area (Å²) in [6, 6.07) is 9.04. The van der Waals surface area contributed by atoms with Crippen LogP contribution in [0.3, 0.4) is 0 Å². The summed E-state index contributed by atoms with van der Waals surface area (Å²) in [6.45, 7) is 3.68. The van der Waals surface area contributed by atoms with E-state index >= 15 is 0 Å². The summed E-state index contributed by atoms with van der Waals surface area (Å²) in [6.07, 6.45) is 4.79. The summed E-state index contributed by atoms with van der Waals surface area (Å²) in [5.41, 5.74) is -0.615. The molecule has 2 rings (SSSR count). The van der Waals surface area contributed by atoms with Gasteiger partial charge >= 0.3 is 0 Å². The molecule has 2 aromatic rings. The van der Waals surface area contributed by atoms with Crippen molar-refractivity contribution in [3.05, 3.63) is 42.4 Å². The number of nitriles is 1. The van der Waals surface area contributed by atoms with Crippen molar-refractivity contribution in [2.75, 3.05) is 0 Å². The van der Waals surface area contributed by atoms with Gasteiger partial charge in [0.25, 0.3) is 5.91 Å². The average molecular weight is 283 g/mol. The Kier molecular flexibility index (Phi) is 4.33. The van der Waals surface area contributed by atoms with Crippen LogP contribution in [0.15, 0.2) is 36.7 Å². The molecule has 1 atom stereocenters. The molecular formula is C15H17N5O. The van der Waals surface area contributed by atoms with E-state index in [1.165, 1.54) is 0 Å². The first kappa shape index (κ1) is 14.7. The van der Waals surface area contributed by atoms with Crippen molar-refractivity contribution in [2.24, 2.45) is 0 Å². The molecule has 1 N–H and O–H groups in total. The molecule has 0 aromatic carbocycles. The molecule has 0 radical (unpaired) electrons. The first-order chi connectivity index (χ1) is 10.1. The minimum atomic E-state index is -0.880. The molecule has 108 valence electrons. The Balaban J connectivity index is 2.21. The third-order valence-corrected chi connectivity index (χ3v) is 3.09. The van der Waals surface area contributed by atoms with Gasteiger partial charge in [-0.1, -0.05) is 19.4 Å². The lowest BCUT2D eigenvalue weighted by Gasteiger charge is -2.22. The molecule has 6 nitrogen and oxygen atoms in total. The lowest BCUT2D eigenvalue weighted by molar-refractivity contribution is 0.0916. The van der Waals surface area contributed by atoms with Crippen molar-refractivity contribution >= 4 is 5.91 Å². The molecule has 0 aliphatic heterocycles. The number of nitrogens with one attached hydrogen (secondary N) is 1. The van der Waals surface area contributed by atoms with E-state index in [4.69, 9.17) is 0 Å². The summed E-state index contributed by atoms with van der Waals surface area (Å²) >= 11 is 0. The summed E-state index contributed by atoms with van der Waals surface area (Å²) in [4.78, 5) is 16.5. The van der Waals surface area contributed by atoms with Crippen LogP contribution >= 0.6 is 0 Å². The van der Waals surface area contributed by atoms with Crippen molar-refractivity contribution in [3.8, 4) is 11.9 Å². The Morgan fingerprint density at radius 2 is 2.29 bits per heavy atom. The lowest BCUT2D eigenvalue weighted by Crippen LogP contribution is -2.45. The highest BCUT2D eigenvalue weighted by Gasteiger charge is 2.26. The quantitative estimate of drug-likeness (QED) is 0.910. The fraction of sp³-hybridized carbons (Fsp3) is 0.333. The van der Waals surface area contributed by atoms with E-state index in [-0.39, 0.29) is 11.6 Å². The van der Waals surface area contributed by atoms with Gasteiger partial charge in [-0.2, -0.15) is 10.4 Å². The molecule has 1 amide bonds. The standard InChI is InChI=1S/C15H17N5O/c1-3-8-15(2,11-16)19-14(21)12-6-4-7-13(18-12)20-10-5-9-17-20/h4-7,9-10H,3,8H2,1-2H3,(H,19,21). The van der Waals surface area contributed by atoms with Crippen LogP contribution in [0.5, 0.6) is 0 Å². The Morgan fingerprint density at radius 3 is 2.90 bits per heavy atom. The molecule has 0 bridgehead atoms. The van der Waals surface area contributed by atoms with Crippen LogP contribution in [0.2, 0.25) is 0 Å². The number of rotatable bonds is 5. The van der Waals surface area contributed by atoms with Gasteiger partial charge in [0, 0.05) is 12.4 Å². The normalized spacial score (nSPS) is 13.2. The second kappa shape index (κ2) is 6.18. The minimum absolute atomic E-state index is 0.264. The molecular weight excluding hydrogens is 266 g/mol. The van der Waals surface area contributed by atoms with E-state index in [0.717, 1.165) is 6.42 Å². The largest absolute Gasteiger partial charge is 0.333 e. The van der Waals surface area contributed by atoms with Gasteiger partial charge in [0.1, 0.15) is 11.2 Å². The van der Waals surface area contributed by atoms with Gasteiger partial charge in [-0.3, -0.25) is 4.79 Å². The van der Waals surface area contributed by atoms with Crippen LogP contribution in [0.4, 0.5) is 0 Å². The Hall–Kier alpha value is -2.68. The van der Waals surface area contributed by atoms with Crippen LogP contribution in [0.25, 0.3) is 5.82 Å². The van der Waals surface area contributed by atoms with E-state index < -0.39 is 5.54 Å².